The van der Waals surface area contributed by atoms with Crippen molar-refractivity contribution in [1.29, 1.82) is 0 Å². The Balaban J connectivity index is 1.61. The number of nitrogens with two attached hydrogens (primary N) is 1. The van der Waals surface area contributed by atoms with Gasteiger partial charge in [0.2, 0.25) is 0 Å². The Kier molecular flexibility index (Phi) is 6.60. The second kappa shape index (κ2) is 9.91. The number of H-pyrrole nitrogens is 1. The van der Waals surface area contributed by atoms with Crippen molar-refractivity contribution in [2.45, 2.75) is 27.7 Å². The first-order valence-corrected chi connectivity index (χ1v) is 12.8. The number of amides is 2. The summed E-state index contributed by atoms with van der Waals surface area (Å²) >= 11 is 0. The summed E-state index contributed by atoms with van der Waals surface area (Å²) in [6.45, 7) is 9.27. The van der Waals surface area contributed by atoms with E-state index in [9.17, 15) is 14.0 Å². The fourth-order valence-electron chi connectivity index (χ4n) is 4.78. The molecule has 5 aromatic rings. The minimum absolute atomic E-state index is 0.121. The lowest BCUT2D eigenvalue weighted by atomic mass is 9.93. The monoisotopic (exact) mass is 522 g/mol. The highest BCUT2D eigenvalue weighted by atomic mass is 19.1. The third-order valence-corrected chi connectivity index (χ3v) is 6.82. The van der Waals surface area contributed by atoms with Crippen molar-refractivity contribution in [3.63, 3.8) is 0 Å². The summed E-state index contributed by atoms with van der Waals surface area (Å²) in [5.41, 5.74) is 12.5. The van der Waals surface area contributed by atoms with Crippen LogP contribution >= 0.6 is 0 Å². The molecule has 0 aliphatic rings. The molecule has 1 aromatic heterocycles. The van der Waals surface area contributed by atoms with E-state index >= 15 is 0 Å². The topological polar surface area (TPSA) is 100 Å². The van der Waals surface area contributed by atoms with Crippen molar-refractivity contribution >= 4 is 45.0 Å². The Morgan fingerprint density at radius 1 is 0.949 bits per heavy atom. The minimum atomic E-state index is -0.513. The lowest BCUT2D eigenvalue weighted by Gasteiger charge is -2.19. The number of halogens is 1. The molecule has 198 valence electrons. The van der Waals surface area contributed by atoms with E-state index in [-0.39, 0.29) is 11.3 Å². The molecule has 2 amide bonds. The van der Waals surface area contributed by atoms with Crippen LogP contribution in [0.2, 0.25) is 0 Å². The Bertz CT molecular complexity index is 1730. The van der Waals surface area contributed by atoms with Gasteiger partial charge < -0.3 is 21.4 Å². The van der Waals surface area contributed by atoms with Gasteiger partial charge in [-0.2, -0.15) is 0 Å². The number of carbonyl (C=O) groups is 2. The molecule has 0 bridgehead atoms. The molecule has 0 unspecified atom stereocenters. The van der Waals surface area contributed by atoms with E-state index < -0.39 is 11.7 Å². The van der Waals surface area contributed by atoms with Gasteiger partial charge in [0, 0.05) is 39.8 Å². The number of fused-ring (bicyclic) bond motifs is 3. The number of hydrogen-bond donors (Lipinski definition) is 4. The van der Waals surface area contributed by atoms with E-state index in [2.05, 4.69) is 36.4 Å². The van der Waals surface area contributed by atoms with Crippen LogP contribution in [0.25, 0.3) is 32.9 Å². The van der Waals surface area contributed by atoms with Gasteiger partial charge in [0.15, 0.2) is 0 Å². The maximum atomic E-state index is 13.3. The second-order valence-corrected chi connectivity index (χ2v) is 11.0. The van der Waals surface area contributed by atoms with Crippen LogP contribution in [0.3, 0.4) is 0 Å². The van der Waals surface area contributed by atoms with E-state index in [1.807, 2.05) is 49.4 Å². The van der Waals surface area contributed by atoms with Gasteiger partial charge in [-0.1, -0.05) is 45.0 Å². The van der Waals surface area contributed by atoms with Crippen LogP contribution in [0.4, 0.5) is 15.8 Å². The number of nitrogens with one attached hydrogen (secondary N) is 3. The number of rotatable bonds is 6. The molecule has 6 nitrogen and oxygen atoms in total. The number of hydrogen-bond acceptors (Lipinski definition) is 3. The van der Waals surface area contributed by atoms with E-state index in [0.717, 1.165) is 45.2 Å². The molecule has 0 saturated heterocycles. The first kappa shape index (κ1) is 26.0. The van der Waals surface area contributed by atoms with Crippen LogP contribution in [0.1, 0.15) is 47.1 Å². The molecule has 4 aromatic carbocycles. The zero-order valence-electron chi connectivity index (χ0n) is 22.4. The third-order valence-electron chi connectivity index (χ3n) is 6.82. The standard InChI is InChI=1S/C32H31FN4O2/c1-18-22(6-5-7-26(18)37-31(39)19-8-10-20(33)11-9-19)23-14-15-25(30(34)38)29-28(23)24-13-12-21(16-27(24)36-29)35-17-32(2,3)4/h5-16,35-36H,17H2,1-4H3,(H2,34,38)(H,37,39). The minimum Gasteiger partial charge on any atom is -0.384 e. The predicted octanol–water partition coefficient (Wildman–Crippen LogP) is 7.24. The fraction of sp³-hybridized carbons (Fsp3) is 0.188. The number of benzene rings is 4. The molecule has 7 heteroatoms. The quantitative estimate of drug-likeness (QED) is 0.189. The van der Waals surface area contributed by atoms with Crippen molar-refractivity contribution in [1.82, 2.24) is 4.98 Å². The summed E-state index contributed by atoms with van der Waals surface area (Å²) in [6, 6.07) is 20.9. The third kappa shape index (κ3) is 5.21. The van der Waals surface area contributed by atoms with E-state index in [1.54, 1.807) is 6.07 Å². The molecule has 5 N–H and O–H groups in total. The lowest BCUT2D eigenvalue weighted by molar-refractivity contribution is 0.0999. The van der Waals surface area contributed by atoms with Gasteiger partial charge in [0.1, 0.15) is 5.82 Å². The summed E-state index contributed by atoms with van der Waals surface area (Å²) in [7, 11) is 0. The fourth-order valence-corrected chi connectivity index (χ4v) is 4.78. The van der Waals surface area contributed by atoms with Crippen molar-refractivity contribution in [2.75, 3.05) is 17.2 Å². The Morgan fingerprint density at radius 2 is 1.69 bits per heavy atom. The van der Waals surface area contributed by atoms with Crippen LogP contribution in [-0.4, -0.2) is 23.3 Å². The smallest absolute Gasteiger partial charge is 0.255 e. The maximum absolute atomic E-state index is 13.3. The molecule has 0 fully saturated rings. The van der Waals surface area contributed by atoms with Crippen LogP contribution in [-0.2, 0) is 0 Å². The van der Waals surface area contributed by atoms with Gasteiger partial charge in [-0.3, -0.25) is 9.59 Å². The lowest BCUT2D eigenvalue weighted by Crippen LogP contribution is -2.18. The zero-order chi connectivity index (χ0) is 27.9. The number of anilines is 2. The Hall–Kier alpha value is -4.65. The maximum Gasteiger partial charge on any atom is 0.255 e. The number of carbonyl (C=O) groups excluding carboxylic acids is 2. The molecule has 0 spiro atoms. The van der Waals surface area contributed by atoms with Gasteiger partial charge in [-0.25, -0.2) is 4.39 Å². The van der Waals surface area contributed by atoms with Crippen LogP contribution < -0.4 is 16.4 Å². The predicted molar refractivity (Wildman–Crippen MR) is 157 cm³/mol. The molecule has 1 heterocycles. The summed E-state index contributed by atoms with van der Waals surface area (Å²) in [5.74, 6) is -1.24. The SMILES string of the molecule is Cc1c(NC(=O)c2ccc(F)cc2)cccc1-c1ccc(C(N)=O)c2[nH]c3cc(NCC(C)(C)C)ccc3c12. The average Bonchev–Trinajstić information content (AvgIpc) is 3.27. The normalized spacial score (nSPS) is 11.6. The number of aromatic amines is 1. The van der Waals surface area contributed by atoms with Gasteiger partial charge in [-0.15, -0.1) is 0 Å². The molecule has 0 atom stereocenters. The van der Waals surface area contributed by atoms with Crippen molar-refractivity contribution in [3.8, 4) is 11.1 Å². The summed E-state index contributed by atoms with van der Waals surface area (Å²) in [6.07, 6.45) is 0. The molecule has 0 aliphatic heterocycles. The van der Waals surface area contributed by atoms with Crippen molar-refractivity contribution in [3.05, 3.63) is 95.3 Å². The average molecular weight is 523 g/mol. The van der Waals surface area contributed by atoms with Gasteiger partial charge in [0.05, 0.1) is 11.1 Å². The number of primary amides is 1. The van der Waals surface area contributed by atoms with E-state index in [0.29, 0.717) is 22.3 Å². The Labute approximate surface area is 226 Å². The Morgan fingerprint density at radius 3 is 2.38 bits per heavy atom. The second-order valence-electron chi connectivity index (χ2n) is 11.0. The van der Waals surface area contributed by atoms with Crippen LogP contribution in [0.5, 0.6) is 0 Å². The van der Waals surface area contributed by atoms with Gasteiger partial charge in [-0.05, 0) is 77.6 Å². The highest BCUT2D eigenvalue weighted by molar-refractivity contribution is 6.20. The molecule has 0 radical (unpaired) electrons. The van der Waals surface area contributed by atoms with Crippen molar-refractivity contribution in [2.24, 2.45) is 11.1 Å². The van der Waals surface area contributed by atoms with Crippen molar-refractivity contribution < 1.29 is 14.0 Å². The summed E-state index contributed by atoms with van der Waals surface area (Å²) < 4.78 is 13.3. The summed E-state index contributed by atoms with van der Waals surface area (Å²) in [5, 5.41) is 8.28. The van der Waals surface area contributed by atoms with Crippen LogP contribution in [0.15, 0.2) is 72.8 Å². The molecule has 0 saturated carbocycles. The molecule has 5 rings (SSSR count). The largest absolute Gasteiger partial charge is 0.384 e. The van der Waals surface area contributed by atoms with E-state index in [1.165, 1.54) is 24.3 Å². The van der Waals surface area contributed by atoms with Gasteiger partial charge >= 0.3 is 0 Å². The first-order chi connectivity index (χ1) is 18.5. The van der Waals surface area contributed by atoms with Gasteiger partial charge in [0.25, 0.3) is 11.8 Å². The molecular formula is C32H31FN4O2. The number of aromatic nitrogens is 1. The first-order valence-electron chi connectivity index (χ1n) is 12.8. The zero-order valence-corrected chi connectivity index (χ0v) is 22.4. The summed E-state index contributed by atoms with van der Waals surface area (Å²) in [4.78, 5) is 28.6. The van der Waals surface area contributed by atoms with Crippen LogP contribution in [0, 0.1) is 18.2 Å². The molecular weight excluding hydrogens is 491 g/mol. The molecule has 39 heavy (non-hydrogen) atoms. The highest BCUT2D eigenvalue weighted by Gasteiger charge is 2.19. The highest BCUT2D eigenvalue weighted by Crippen LogP contribution is 2.39. The molecule has 0 aliphatic carbocycles. The van der Waals surface area contributed by atoms with E-state index in [4.69, 9.17) is 5.73 Å².